The first-order valence-electron chi connectivity index (χ1n) is 9.31. The van der Waals surface area contributed by atoms with E-state index in [0.29, 0.717) is 6.54 Å². The molecular weight excluding hydrogens is 344 g/mol. The number of aryl methyl sites for hydroxylation is 1. The maximum Gasteiger partial charge on any atom is 0.115 e. The van der Waals surface area contributed by atoms with Gasteiger partial charge in [0.1, 0.15) is 5.75 Å². The molecule has 0 aliphatic carbocycles. The van der Waals surface area contributed by atoms with Crippen LogP contribution in [0.4, 0.5) is 0 Å². The highest BCUT2D eigenvalue weighted by molar-refractivity contribution is 5.98. The van der Waals surface area contributed by atoms with E-state index in [4.69, 9.17) is 0 Å². The quantitative estimate of drug-likeness (QED) is 0.470. The minimum atomic E-state index is 0.267. The Balaban J connectivity index is 1.98. The van der Waals surface area contributed by atoms with Crippen molar-refractivity contribution in [1.82, 2.24) is 9.55 Å². The molecule has 0 aliphatic rings. The number of rotatable bonds is 5. The van der Waals surface area contributed by atoms with Gasteiger partial charge in [-0.2, -0.15) is 0 Å². The fourth-order valence-electron chi connectivity index (χ4n) is 3.38. The van der Waals surface area contributed by atoms with Crippen molar-refractivity contribution in [3.63, 3.8) is 0 Å². The van der Waals surface area contributed by atoms with Crippen LogP contribution in [-0.4, -0.2) is 14.7 Å². The number of hydrogen-bond donors (Lipinski definition) is 1. The summed E-state index contributed by atoms with van der Waals surface area (Å²) in [4.78, 5) is 4.20. The van der Waals surface area contributed by atoms with Crippen molar-refractivity contribution in [3.05, 3.63) is 120 Å². The van der Waals surface area contributed by atoms with E-state index in [1.807, 2.05) is 30.7 Å². The van der Waals surface area contributed by atoms with Crippen molar-refractivity contribution in [2.24, 2.45) is 0 Å². The molecule has 0 unspecified atom stereocenters. The SMILES string of the molecule is Cc1ccc(/C(=C(\Cn2ccnc2)c2ccccc2)c2ccc(O)cc2)cc1. The summed E-state index contributed by atoms with van der Waals surface area (Å²) in [6.07, 6.45) is 5.62. The second-order valence-corrected chi connectivity index (χ2v) is 6.87. The van der Waals surface area contributed by atoms with Crippen molar-refractivity contribution in [1.29, 1.82) is 0 Å². The third kappa shape index (κ3) is 3.89. The molecule has 0 saturated carbocycles. The smallest absolute Gasteiger partial charge is 0.115 e. The number of hydrogen-bond acceptors (Lipinski definition) is 2. The lowest BCUT2D eigenvalue weighted by atomic mass is 9.89. The van der Waals surface area contributed by atoms with Crippen molar-refractivity contribution in [2.75, 3.05) is 0 Å². The van der Waals surface area contributed by atoms with Gasteiger partial charge in [-0.15, -0.1) is 0 Å². The second-order valence-electron chi connectivity index (χ2n) is 6.87. The van der Waals surface area contributed by atoms with E-state index in [0.717, 1.165) is 16.7 Å². The van der Waals surface area contributed by atoms with E-state index in [1.165, 1.54) is 16.7 Å². The molecule has 0 bridgehead atoms. The number of allylic oxidation sites excluding steroid dienone is 1. The Morgan fingerprint density at radius 3 is 2.07 bits per heavy atom. The molecule has 3 nitrogen and oxygen atoms in total. The summed E-state index contributed by atoms with van der Waals surface area (Å²) in [5, 5.41) is 9.78. The molecule has 0 amide bonds. The lowest BCUT2D eigenvalue weighted by Gasteiger charge is -2.18. The van der Waals surface area contributed by atoms with Gasteiger partial charge in [-0.25, -0.2) is 4.98 Å². The molecule has 1 aromatic heterocycles. The van der Waals surface area contributed by atoms with Gasteiger partial charge in [0.2, 0.25) is 0 Å². The molecule has 138 valence electrons. The van der Waals surface area contributed by atoms with E-state index in [1.54, 1.807) is 18.3 Å². The molecule has 1 N–H and O–H groups in total. The third-order valence-corrected chi connectivity index (χ3v) is 4.82. The van der Waals surface area contributed by atoms with Crippen LogP contribution in [0.2, 0.25) is 0 Å². The highest BCUT2D eigenvalue weighted by Crippen LogP contribution is 2.34. The van der Waals surface area contributed by atoms with Crippen LogP contribution >= 0.6 is 0 Å². The van der Waals surface area contributed by atoms with Gasteiger partial charge in [-0.1, -0.05) is 72.3 Å². The number of aromatic hydroxyl groups is 1. The zero-order valence-electron chi connectivity index (χ0n) is 15.8. The Bertz CT molecular complexity index is 1010. The number of aromatic nitrogens is 2. The molecule has 4 rings (SSSR count). The van der Waals surface area contributed by atoms with Gasteiger partial charge in [0.05, 0.1) is 6.33 Å². The fraction of sp³-hybridized carbons (Fsp3) is 0.0800. The normalized spacial score (nSPS) is 11.9. The molecule has 0 saturated heterocycles. The summed E-state index contributed by atoms with van der Waals surface area (Å²) >= 11 is 0. The molecule has 0 spiro atoms. The summed E-state index contributed by atoms with van der Waals surface area (Å²) in [6.45, 7) is 2.80. The van der Waals surface area contributed by atoms with Gasteiger partial charge < -0.3 is 9.67 Å². The molecule has 3 aromatic carbocycles. The number of imidazole rings is 1. The number of phenols is 1. The van der Waals surface area contributed by atoms with Crippen LogP contribution in [0, 0.1) is 6.92 Å². The number of benzene rings is 3. The molecule has 3 heteroatoms. The van der Waals surface area contributed by atoms with Gasteiger partial charge in [0.15, 0.2) is 0 Å². The Morgan fingerprint density at radius 2 is 1.46 bits per heavy atom. The van der Waals surface area contributed by atoms with Gasteiger partial charge >= 0.3 is 0 Å². The molecule has 0 fully saturated rings. The summed E-state index contributed by atoms with van der Waals surface area (Å²) in [6, 6.07) is 26.5. The predicted octanol–water partition coefficient (Wildman–Crippen LogP) is 5.56. The van der Waals surface area contributed by atoms with Crippen LogP contribution in [0.25, 0.3) is 11.1 Å². The van der Waals surface area contributed by atoms with E-state index in [9.17, 15) is 5.11 Å². The number of nitrogens with zero attached hydrogens (tertiary/aromatic N) is 2. The second kappa shape index (κ2) is 7.97. The Hall–Kier alpha value is -3.59. The summed E-state index contributed by atoms with van der Waals surface area (Å²) in [5.74, 6) is 0.267. The molecule has 4 aromatic rings. The molecule has 0 atom stereocenters. The van der Waals surface area contributed by atoms with Crippen molar-refractivity contribution in [2.45, 2.75) is 13.5 Å². The summed E-state index contributed by atoms with van der Waals surface area (Å²) < 4.78 is 2.08. The summed E-state index contributed by atoms with van der Waals surface area (Å²) in [7, 11) is 0. The Kier molecular flexibility index (Phi) is 5.07. The third-order valence-electron chi connectivity index (χ3n) is 4.82. The van der Waals surface area contributed by atoms with Crippen LogP contribution < -0.4 is 0 Å². The van der Waals surface area contributed by atoms with E-state index in [-0.39, 0.29) is 5.75 Å². The molecule has 0 radical (unpaired) electrons. The monoisotopic (exact) mass is 366 g/mol. The predicted molar refractivity (Wildman–Crippen MR) is 114 cm³/mol. The lowest BCUT2D eigenvalue weighted by Crippen LogP contribution is -2.03. The largest absolute Gasteiger partial charge is 0.508 e. The maximum absolute atomic E-state index is 9.78. The van der Waals surface area contributed by atoms with Crippen LogP contribution in [0.15, 0.2) is 97.6 Å². The van der Waals surface area contributed by atoms with Gasteiger partial charge in [-0.05, 0) is 46.9 Å². The van der Waals surface area contributed by atoms with E-state index < -0.39 is 0 Å². The van der Waals surface area contributed by atoms with Gasteiger partial charge in [0, 0.05) is 18.9 Å². The van der Waals surface area contributed by atoms with Crippen LogP contribution in [-0.2, 0) is 6.54 Å². The first-order chi connectivity index (χ1) is 13.7. The average Bonchev–Trinajstić information content (AvgIpc) is 3.24. The van der Waals surface area contributed by atoms with Crippen molar-refractivity contribution < 1.29 is 5.11 Å². The van der Waals surface area contributed by atoms with E-state index >= 15 is 0 Å². The first-order valence-corrected chi connectivity index (χ1v) is 9.31. The zero-order chi connectivity index (χ0) is 19.3. The lowest BCUT2D eigenvalue weighted by molar-refractivity contribution is 0.475. The highest BCUT2D eigenvalue weighted by atomic mass is 16.3. The maximum atomic E-state index is 9.78. The van der Waals surface area contributed by atoms with Gasteiger partial charge in [-0.3, -0.25) is 0 Å². The topological polar surface area (TPSA) is 38.0 Å². The van der Waals surface area contributed by atoms with E-state index in [2.05, 4.69) is 65.0 Å². The first kappa shape index (κ1) is 17.8. The number of phenolic OH excluding ortho intramolecular Hbond substituents is 1. The van der Waals surface area contributed by atoms with Gasteiger partial charge in [0.25, 0.3) is 0 Å². The molecule has 0 aliphatic heterocycles. The van der Waals surface area contributed by atoms with Crippen molar-refractivity contribution in [3.8, 4) is 5.75 Å². The minimum Gasteiger partial charge on any atom is -0.508 e. The Labute approximate surface area is 165 Å². The molecular formula is C25H22N2O. The zero-order valence-corrected chi connectivity index (χ0v) is 15.8. The summed E-state index contributed by atoms with van der Waals surface area (Å²) in [5.41, 5.74) is 6.97. The highest BCUT2D eigenvalue weighted by Gasteiger charge is 2.15. The van der Waals surface area contributed by atoms with Crippen LogP contribution in [0.5, 0.6) is 5.75 Å². The van der Waals surface area contributed by atoms with Crippen molar-refractivity contribution >= 4 is 11.1 Å². The van der Waals surface area contributed by atoms with Crippen LogP contribution in [0.3, 0.4) is 0 Å². The minimum absolute atomic E-state index is 0.267. The average molecular weight is 366 g/mol. The fourth-order valence-corrected chi connectivity index (χ4v) is 3.38. The van der Waals surface area contributed by atoms with Crippen LogP contribution in [0.1, 0.15) is 22.3 Å². The molecule has 1 heterocycles. The standard InChI is InChI=1S/C25H22N2O/c1-19-7-9-21(10-8-19)25(22-11-13-23(28)14-12-22)24(17-27-16-15-26-18-27)20-5-3-2-4-6-20/h2-16,18,28H,17H2,1H3/b25-24-. The Morgan fingerprint density at radius 1 is 0.821 bits per heavy atom. The molecule has 28 heavy (non-hydrogen) atoms.